The summed E-state index contributed by atoms with van der Waals surface area (Å²) in [6, 6.07) is 1.19. The Morgan fingerprint density at radius 1 is 1.19 bits per heavy atom. The van der Waals surface area contributed by atoms with E-state index in [4.69, 9.17) is 11.6 Å². The molecule has 0 unspecified atom stereocenters. The third kappa shape index (κ3) is 3.18. The minimum atomic E-state index is -4.36. The maximum absolute atomic E-state index is 12.7. The Balaban J connectivity index is 2.72. The molecule has 8 nitrogen and oxygen atoms in total. The zero-order valence-electron chi connectivity index (χ0n) is 14.0. The lowest BCUT2D eigenvalue weighted by Crippen LogP contribution is -2.40. The molecule has 0 aliphatic carbocycles. The molecule has 2 rings (SSSR count). The van der Waals surface area contributed by atoms with Crippen molar-refractivity contribution in [1.29, 1.82) is 0 Å². The van der Waals surface area contributed by atoms with Crippen LogP contribution in [0, 0.1) is 0 Å². The fraction of sp³-hybridized carbons (Fsp3) is 0.125. The molecule has 0 aliphatic rings. The number of phenolic OH excluding ortho intramolecular Hbond substituents is 1. The van der Waals surface area contributed by atoms with Crippen LogP contribution in [-0.4, -0.2) is 22.7 Å². The smallest absolute Gasteiger partial charge is 0.330 e. The minimum absolute atomic E-state index is 0.00592. The number of hydrogen-bond acceptors (Lipinski definition) is 5. The maximum atomic E-state index is 12.7. The molecule has 0 fully saturated rings. The molecule has 0 saturated heterocycles. The van der Waals surface area contributed by atoms with E-state index < -0.39 is 26.2 Å². The lowest BCUT2D eigenvalue weighted by Gasteiger charge is -2.15. The molecule has 2 aromatic rings. The lowest BCUT2D eigenvalue weighted by atomic mass is 10.0. The molecule has 1 aromatic heterocycles. The molecule has 0 saturated carbocycles. The summed E-state index contributed by atoms with van der Waals surface area (Å²) in [5.74, 6) is -0.280. The Labute approximate surface area is 154 Å². The van der Waals surface area contributed by atoms with Gasteiger partial charge in [-0.05, 0) is 6.07 Å². The Kier molecular flexibility index (Phi) is 5.15. The number of anilines is 1. The maximum Gasteiger partial charge on any atom is 0.330 e. The van der Waals surface area contributed by atoms with Gasteiger partial charge in [0.15, 0.2) is 4.90 Å². The van der Waals surface area contributed by atoms with Gasteiger partial charge in [0.2, 0.25) is 0 Å². The average molecular weight is 398 g/mol. The van der Waals surface area contributed by atoms with E-state index in [1.54, 1.807) is 0 Å². The highest BCUT2D eigenvalue weighted by Crippen LogP contribution is 2.37. The molecule has 10 heteroatoms. The highest BCUT2D eigenvalue weighted by Gasteiger charge is 2.24. The van der Waals surface area contributed by atoms with E-state index in [0.29, 0.717) is 4.57 Å². The first-order valence-corrected chi connectivity index (χ1v) is 9.01. The van der Waals surface area contributed by atoms with Crippen molar-refractivity contribution in [3.05, 3.63) is 62.4 Å². The van der Waals surface area contributed by atoms with Crippen molar-refractivity contribution in [1.82, 2.24) is 9.13 Å². The van der Waals surface area contributed by atoms with Crippen molar-refractivity contribution in [3.63, 3.8) is 0 Å². The number of aromatic nitrogens is 2. The topological polar surface area (TPSA) is 110 Å². The predicted octanol–water partition coefficient (Wildman–Crippen LogP) is 1.53. The molecule has 0 bridgehead atoms. The van der Waals surface area contributed by atoms with Crippen molar-refractivity contribution in [2.24, 2.45) is 14.1 Å². The number of phenols is 1. The summed E-state index contributed by atoms with van der Waals surface area (Å²) in [4.78, 5) is 23.3. The molecule has 0 aliphatic heterocycles. The standard InChI is InChI=1S/C16H16ClN3O5S/c1-5-9-10(6-2)14(21)11(17)7-12(9)18-26(24,25)13-8-19(3)16(23)20(4)15(13)22/h5-8,18,21H,1-2H2,3-4H3. The number of nitrogens with one attached hydrogen (secondary N) is 1. The zero-order chi connectivity index (χ0) is 19.8. The Morgan fingerprint density at radius 2 is 1.77 bits per heavy atom. The minimum Gasteiger partial charge on any atom is -0.506 e. The predicted molar refractivity (Wildman–Crippen MR) is 101 cm³/mol. The van der Waals surface area contributed by atoms with Gasteiger partial charge < -0.3 is 9.67 Å². The summed E-state index contributed by atoms with van der Waals surface area (Å²) in [7, 11) is -1.86. The second kappa shape index (κ2) is 6.85. The van der Waals surface area contributed by atoms with Gasteiger partial charge >= 0.3 is 5.69 Å². The number of halogens is 1. The summed E-state index contributed by atoms with van der Waals surface area (Å²) in [5.41, 5.74) is -1.24. The van der Waals surface area contributed by atoms with Crippen molar-refractivity contribution in [3.8, 4) is 5.75 Å². The molecule has 26 heavy (non-hydrogen) atoms. The van der Waals surface area contributed by atoms with Crippen LogP contribution in [0.3, 0.4) is 0 Å². The number of aromatic hydroxyl groups is 1. The Hall–Kier alpha value is -2.78. The first-order valence-electron chi connectivity index (χ1n) is 7.15. The zero-order valence-corrected chi connectivity index (χ0v) is 15.6. The first kappa shape index (κ1) is 19.5. The van der Waals surface area contributed by atoms with Gasteiger partial charge in [-0.3, -0.25) is 14.1 Å². The molecule has 1 aromatic carbocycles. The largest absolute Gasteiger partial charge is 0.506 e. The molecule has 0 radical (unpaired) electrons. The average Bonchev–Trinajstić information content (AvgIpc) is 2.58. The Morgan fingerprint density at radius 3 is 2.31 bits per heavy atom. The summed E-state index contributed by atoms with van der Waals surface area (Å²) in [6.45, 7) is 7.13. The van der Waals surface area contributed by atoms with Crippen LogP contribution in [0.2, 0.25) is 5.02 Å². The van der Waals surface area contributed by atoms with E-state index in [1.165, 1.54) is 32.3 Å². The molecule has 0 amide bonds. The van der Waals surface area contributed by atoms with E-state index in [2.05, 4.69) is 17.9 Å². The van der Waals surface area contributed by atoms with Crippen molar-refractivity contribution in [2.75, 3.05) is 4.72 Å². The van der Waals surface area contributed by atoms with Gasteiger partial charge in [-0.15, -0.1) is 0 Å². The number of nitrogens with zero attached hydrogens (tertiary/aromatic N) is 2. The second-order valence-electron chi connectivity index (χ2n) is 5.35. The molecular formula is C16H16ClN3O5S. The lowest BCUT2D eigenvalue weighted by molar-refractivity contribution is 0.474. The van der Waals surface area contributed by atoms with Gasteiger partial charge in [-0.1, -0.05) is 36.9 Å². The summed E-state index contributed by atoms with van der Waals surface area (Å²) in [6.07, 6.45) is 3.53. The van der Waals surface area contributed by atoms with Gasteiger partial charge in [0.05, 0.1) is 10.7 Å². The van der Waals surface area contributed by atoms with Crippen LogP contribution in [0.25, 0.3) is 12.2 Å². The third-order valence-corrected chi connectivity index (χ3v) is 5.33. The highest BCUT2D eigenvalue weighted by molar-refractivity contribution is 7.92. The van der Waals surface area contributed by atoms with Gasteiger partial charge in [0.25, 0.3) is 15.6 Å². The van der Waals surface area contributed by atoms with Gasteiger partial charge in [0, 0.05) is 31.4 Å². The SMILES string of the molecule is C=Cc1c(NS(=O)(=O)c2cn(C)c(=O)n(C)c2=O)cc(Cl)c(O)c1C=C. The van der Waals surface area contributed by atoms with E-state index in [-0.39, 0.29) is 27.6 Å². The number of aryl methyl sites for hydroxylation is 1. The van der Waals surface area contributed by atoms with E-state index in [1.807, 2.05) is 0 Å². The second-order valence-corrected chi connectivity index (χ2v) is 7.40. The molecule has 1 heterocycles. The summed E-state index contributed by atoms with van der Waals surface area (Å²) < 4.78 is 29.3. The van der Waals surface area contributed by atoms with Crippen molar-refractivity contribution >= 4 is 39.5 Å². The first-order chi connectivity index (χ1) is 12.0. The quantitative estimate of drug-likeness (QED) is 0.743. The van der Waals surface area contributed by atoms with Gasteiger partial charge in [0.1, 0.15) is 5.75 Å². The third-order valence-electron chi connectivity index (χ3n) is 3.69. The van der Waals surface area contributed by atoms with Gasteiger partial charge in [-0.25, -0.2) is 13.2 Å². The fourth-order valence-electron chi connectivity index (χ4n) is 2.34. The van der Waals surface area contributed by atoms with Crippen LogP contribution in [0.1, 0.15) is 11.1 Å². The number of hydrogen-bond donors (Lipinski definition) is 2. The summed E-state index contributed by atoms with van der Waals surface area (Å²) in [5, 5.41) is 9.86. The number of benzene rings is 1. The molecular weight excluding hydrogens is 382 g/mol. The number of rotatable bonds is 5. The normalized spacial score (nSPS) is 11.2. The van der Waals surface area contributed by atoms with Crippen LogP contribution >= 0.6 is 11.6 Å². The molecule has 138 valence electrons. The van der Waals surface area contributed by atoms with Crippen LogP contribution in [0.5, 0.6) is 5.75 Å². The molecule has 2 N–H and O–H groups in total. The van der Waals surface area contributed by atoms with E-state index >= 15 is 0 Å². The fourth-order valence-corrected chi connectivity index (χ4v) is 3.79. The van der Waals surface area contributed by atoms with Crippen molar-refractivity contribution in [2.45, 2.75) is 4.90 Å². The van der Waals surface area contributed by atoms with E-state index in [0.717, 1.165) is 10.8 Å². The summed E-state index contributed by atoms with van der Waals surface area (Å²) >= 11 is 5.93. The number of sulfonamides is 1. The van der Waals surface area contributed by atoms with E-state index in [9.17, 15) is 23.1 Å². The monoisotopic (exact) mass is 397 g/mol. The Bertz CT molecular complexity index is 1150. The van der Waals surface area contributed by atoms with Crippen LogP contribution < -0.4 is 16.0 Å². The molecule has 0 spiro atoms. The van der Waals surface area contributed by atoms with Crippen molar-refractivity contribution < 1.29 is 13.5 Å². The van der Waals surface area contributed by atoms with Crippen LogP contribution in [-0.2, 0) is 24.1 Å². The van der Waals surface area contributed by atoms with Crippen LogP contribution in [0.4, 0.5) is 5.69 Å². The highest BCUT2D eigenvalue weighted by atomic mass is 35.5. The molecule has 0 atom stereocenters. The van der Waals surface area contributed by atoms with Crippen LogP contribution in [0.15, 0.2) is 39.9 Å². The van der Waals surface area contributed by atoms with Gasteiger partial charge in [-0.2, -0.15) is 0 Å².